The molecule has 1 fully saturated rings. The van der Waals surface area contributed by atoms with Crippen LogP contribution in [0.3, 0.4) is 0 Å². The molecule has 1 saturated carbocycles. The van der Waals surface area contributed by atoms with Crippen LogP contribution in [0.2, 0.25) is 0 Å². The Morgan fingerprint density at radius 1 is 1.12 bits per heavy atom. The van der Waals surface area contributed by atoms with Gasteiger partial charge in [-0.3, -0.25) is 0 Å². The number of rotatable bonds is 2. The van der Waals surface area contributed by atoms with Gasteiger partial charge in [-0.05, 0) is 43.2 Å². The summed E-state index contributed by atoms with van der Waals surface area (Å²) in [5, 5.41) is 0. The quantitative estimate of drug-likeness (QED) is 0.772. The van der Waals surface area contributed by atoms with Gasteiger partial charge in [-0.1, -0.05) is 13.8 Å². The summed E-state index contributed by atoms with van der Waals surface area (Å²) in [5.41, 5.74) is 13.1. The Bertz CT molecular complexity index is 391. The number of hydrogen-bond acceptors (Lipinski definition) is 3. The molecule has 0 amide bonds. The number of benzene rings is 1. The maximum absolute atomic E-state index is 5.95. The first-order valence-corrected chi connectivity index (χ1v) is 6.28. The van der Waals surface area contributed by atoms with Crippen molar-refractivity contribution in [1.29, 1.82) is 0 Å². The van der Waals surface area contributed by atoms with Gasteiger partial charge in [-0.2, -0.15) is 0 Å². The first kappa shape index (κ1) is 12.1. The highest BCUT2D eigenvalue weighted by Crippen LogP contribution is 2.36. The Morgan fingerprint density at radius 3 is 2.35 bits per heavy atom. The standard InChI is InChI=1S/C14H22N2O/c1-14(2)7-5-10(6-8-14)17-11-3-4-12(15)13(16)9-11/h3-4,9-10H,5-8,15-16H2,1-2H3. The lowest BCUT2D eigenvalue weighted by atomic mass is 9.76. The summed E-state index contributed by atoms with van der Waals surface area (Å²) in [6, 6.07) is 5.51. The topological polar surface area (TPSA) is 61.3 Å². The lowest BCUT2D eigenvalue weighted by Crippen LogP contribution is -2.28. The summed E-state index contributed by atoms with van der Waals surface area (Å²) in [4.78, 5) is 0. The molecule has 3 nitrogen and oxygen atoms in total. The predicted molar refractivity (Wildman–Crippen MR) is 71.9 cm³/mol. The van der Waals surface area contributed by atoms with E-state index in [4.69, 9.17) is 16.2 Å². The lowest BCUT2D eigenvalue weighted by Gasteiger charge is -2.34. The number of nitrogens with two attached hydrogens (primary N) is 2. The van der Waals surface area contributed by atoms with Crippen molar-refractivity contribution in [1.82, 2.24) is 0 Å². The molecule has 0 aliphatic heterocycles. The summed E-state index contributed by atoms with van der Waals surface area (Å²) < 4.78 is 5.95. The second kappa shape index (κ2) is 4.47. The van der Waals surface area contributed by atoms with E-state index in [9.17, 15) is 0 Å². The van der Waals surface area contributed by atoms with E-state index >= 15 is 0 Å². The number of hydrogen-bond donors (Lipinski definition) is 2. The molecule has 0 atom stereocenters. The van der Waals surface area contributed by atoms with Gasteiger partial charge in [0.15, 0.2) is 0 Å². The summed E-state index contributed by atoms with van der Waals surface area (Å²) in [6.07, 6.45) is 5.02. The van der Waals surface area contributed by atoms with Gasteiger partial charge < -0.3 is 16.2 Å². The Labute approximate surface area is 103 Å². The molecule has 0 heterocycles. The van der Waals surface area contributed by atoms with Crippen LogP contribution in [-0.2, 0) is 0 Å². The average Bonchev–Trinajstić information content (AvgIpc) is 2.27. The molecule has 4 N–H and O–H groups in total. The lowest BCUT2D eigenvalue weighted by molar-refractivity contribution is 0.0988. The van der Waals surface area contributed by atoms with Gasteiger partial charge in [0, 0.05) is 6.07 Å². The fraction of sp³-hybridized carbons (Fsp3) is 0.571. The van der Waals surface area contributed by atoms with Crippen molar-refractivity contribution >= 4 is 11.4 Å². The average molecular weight is 234 g/mol. The minimum atomic E-state index is 0.325. The fourth-order valence-electron chi connectivity index (χ4n) is 2.31. The van der Waals surface area contributed by atoms with Gasteiger partial charge in [0.1, 0.15) is 5.75 Å². The third-order valence-corrected chi connectivity index (χ3v) is 3.65. The number of ether oxygens (including phenoxy) is 1. The molecule has 1 aliphatic rings. The molecule has 2 rings (SSSR count). The highest BCUT2D eigenvalue weighted by molar-refractivity contribution is 5.65. The Kier molecular flexibility index (Phi) is 3.18. The maximum Gasteiger partial charge on any atom is 0.121 e. The summed E-state index contributed by atoms with van der Waals surface area (Å²) in [7, 11) is 0. The Balaban J connectivity index is 1.95. The van der Waals surface area contributed by atoms with Gasteiger partial charge in [0.05, 0.1) is 17.5 Å². The van der Waals surface area contributed by atoms with Crippen molar-refractivity contribution in [2.24, 2.45) is 5.41 Å². The van der Waals surface area contributed by atoms with Crippen LogP contribution in [0.5, 0.6) is 5.75 Å². The summed E-state index contributed by atoms with van der Waals surface area (Å²) in [5.74, 6) is 0.835. The van der Waals surface area contributed by atoms with Gasteiger partial charge in [-0.25, -0.2) is 0 Å². The molecule has 0 spiro atoms. The Hall–Kier alpha value is -1.38. The molecule has 3 heteroatoms. The van der Waals surface area contributed by atoms with Crippen molar-refractivity contribution in [3.63, 3.8) is 0 Å². The summed E-state index contributed by atoms with van der Waals surface area (Å²) in [6.45, 7) is 4.65. The van der Waals surface area contributed by atoms with E-state index in [0.717, 1.165) is 18.6 Å². The van der Waals surface area contributed by atoms with E-state index in [1.54, 1.807) is 6.07 Å². The molecule has 0 bridgehead atoms. The van der Waals surface area contributed by atoms with Crippen molar-refractivity contribution in [3.05, 3.63) is 18.2 Å². The monoisotopic (exact) mass is 234 g/mol. The minimum Gasteiger partial charge on any atom is -0.490 e. The van der Waals surface area contributed by atoms with Crippen molar-refractivity contribution in [2.75, 3.05) is 11.5 Å². The smallest absolute Gasteiger partial charge is 0.121 e. The van der Waals surface area contributed by atoms with Crippen LogP contribution in [0.4, 0.5) is 11.4 Å². The number of anilines is 2. The van der Waals surface area contributed by atoms with E-state index in [-0.39, 0.29) is 0 Å². The molecule has 0 saturated heterocycles. The van der Waals surface area contributed by atoms with Crippen LogP contribution >= 0.6 is 0 Å². The maximum atomic E-state index is 5.95. The highest BCUT2D eigenvalue weighted by atomic mass is 16.5. The number of nitrogen functional groups attached to an aromatic ring is 2. The molecule has 0 unspecified atom stereocenters. The molecule has 17 heavy (non-hydrogen) atoms. The van der Waals surface area contributed by atoms with Crippen molar-refractivity contribution in [2.45, 2.75) is 45.6 Å². The zero-order valence-electron chi connectivity index (χ0n) is 10.7. The SMILES string of the molecule is CC1(C)CCC(Oc2ccc(N)c(N)c2)CC1. The van der Waals surface area contributed by atoms with Crippen LogP contribution < -0.4 is 16.2 Å². The van der Waals surface area contributed by atoms with Gasteiger partial charge in [0.2, 0.25) is 0 Å². The van der Waals surface area contributed by atoms with E-state index in [1.165, 1.54) is 12.8 Å². The largest absolute Gasteiger partial charge is 0.490 e. The van der Waals surface area contributed by atoms with Gasteiger partial charge in [0.25, 0.3) is 0 Å². The van der Waals surface area contributed by atoms with Crippen LogP contribution in [0.25, 0.3) is 0 Å². The van der Waals surface area contributed by atoms with Crippen LogP contribution in [-0.4, -0.2) is 6.10 Å². The second-order valence-electron chi connectivity index (χ2n) is 5.77. The molecule has 1 aromatic carbocycles. The third kappa shape index (κ3) is 3.05. The molecule has 0 radical (unpaired) electrons. The predicted octanol–water partition coefficient (Wildman–Crippen LogP) is 3.20. The molecule has 1 aromatic rings. The van der Waals surface area contributed by atoms with Crippen molar-refractivity contribution in [3.8, 4) is 5.75 Å². The van der Waals surface area contributed by atoms with Crippen LogP contribution in [0.1, 0.15) is 39.5 Å². The van der Waals surface area contributed by atoms with E-state index in [2.05, 4.69) is 13.8 Å². The molecule has 94 valence electrons. The van der Waals surface area contributed by atoms with E-state index in [1.807, 2.05) is 12.1 Å². The van der Waals surface area contributed by atoms with Crippen molar-refractivity contribution < 1.29 is 4.74 Å². The highest BCUT2D eigenvalue weighted by Gasteiger charge is 2.27. The van der Waals surface area contributed by atoms with E-state index < -0.39 is 0 Å². The molecule has 1 aliphatic carbocycles. The second-order valence-corrected chi connectivity index (χ2v) is 5.77. The minimum absolute atomic E-state index is 0.325. The zero-order valence-corrected chi connectivity index (χ0v) is 10.7. The first-order valence-electron chi connectivity index (χ1n) is 6.28. The van der Waals surface area contributed by atoms with Crippen LogP contribution in [0, 0.1) is 5.41 Å². The van der Waals surface area contributed by atoms with Gasteiger partial charge in [-0.15, -0.1) is 0 Å². The Morgan fingerprint density at radius 2 is 1.76 bits per heavy atom. The van der Waals surface area contributed by atoms with E-state index in [0.29, 0.717) is 22.9 Å². The molecular weight excluding hydrogens is 212 g/mol. The third-order valence-electron chi connectivity index (χ3n) is 3.65. The van der Waals surface area contributed by atoms with Crippen LogP contribution in [0.15, 0.2) is 18.2 Å². The molecule has 0 aromatic heterocycles. The fourth-order valence-corrected chi connectivity index (χ4v) is 2.31. The summed E-state index contributed by atoms with van der Waals surface area (Å²) >= 11 is 0. The zero-order chi connectivity index (χ0) is 12.5. The first-order chi connectivity index (χ1) is 7.96. The normalized spacial score (nSPS) is 20.1. The van der Waals surface area contributed by atoms with Gasteiger partial charge >= 0.3 is 0 Å². The molecular formula is C14H22N2O.